The van der Waals surface area contributed by atoms with Gasteiger partial charge in [-0.1, -0.05) is 66.7 Å². The summed E-state index contributed by atoms with van der Waals surface area (Å²) in [6.45, 7) is 0. The van der Waals surface area contributed by atoms with Gasteiger partial charge in [0, 0.05) is 11.6 Å². The lowest BCUT2D eigenvalue weighted by Crippen LogP contribution is -2.02. The van der Waals surface area contributed by atoms with Crippen molar-refractivity contribution in [1.82, 2.24) is 0 Å². The van der Waals surface area contributed by atoms with Crippen LogP contribution in [0.2, 0.25) is 0 Å². The topological polar surface area (TPSA) is 26.0 Å². The first-order valence-electron chi connectivity index (χ1n) is 6.89. The van der Waals surface area contributed by atoms with Crippen molar-refractivity contribution in [3.63, 3.8) is 0 Å². The number of anilines is 1. The van der Waals surface area contributed by atoms with Crippen LogP contribution >= 0.6 is 0 Å². The van der Waals surface area contributed by atoms with Crippen LogP contribution in [0, 0.1) is 0 Å². The summed E-state index contributed by atoms with van der Waals surface area (Å²) in [5.41, 5.74) is 11.0. The van der Waals surface area contributed by atoms with Crippen molar-refractivity contribution in [2.45, 2.75) is 5.92 Å². The van der Waals surface area contributed by atoms with Crippen molar-refractivity contribution >= 4 is 22.5 Å². The highest BCUT2D eigenvalue weighted by Gasteiger charge is 2.22. The first kappa shape index (κ1) is 11.3. The molecule has 4 rings (SSSR count). The van der Waals surface area contributed by atoms with Crippen LogP contribution in [-0.2, 0) is 0 Å². The third-order valence-corrected chi connectivity index (χ3v) is 4.11. The van der Waals surface area contributed by atoms with E-state index in [1.807, 2.05) is 6.07 Å². The highest BCUT2D eigenvalue weighted by Crippen LogP contribution is 2.40. The molecule has 0 aliphatic heterocycles. The van der Waals surface area contributed by atoms with Gasteiger partial charge in [0.25, 0.3) is 0 Å². The predicted octanol–water partition coefficient (Wildman–Crippen LogP) is 4.58. The van der Waals surface area contributed by atoms with Crippen LogP contribution in [0.3, 0.4) is 0 Å². The van der Waals surface area contributed by atoms with E-state index in [1.54, 1.807) is 0 Å². The fourth-order valence-electron chi connectivity index (χ4n) is 3.16. The van der Waals surface area contributed by atoms with Crippen LogP contribution in [0.25, 0.3) is 16.8 Å². The van der Waals surface area contributed by atoms with Gasteiger partial charge in [0.05, 0.1) is 0 Å². The van der Waals surface area contributed by atoms with Gasteiger partial charge in [-0.05, 0) is 33.5 Å². The normalized spacial score (nSPS) is 16.5. The summed E-state index contributed by atoms with van der Waals surface area (Å²) in [5.74, 6) is 0.261. The van der Waals surface area contributed by atoms with Gasteiger partial charge in [0.1, 0.15) is 0 Å². The highest BCUT2D eigenvalue weighted by molar-refractivity contribution is 5.92. The standard InChI is InChI=1S/C19H15N/c20-18-12-10-14-6-2-4-8-16(14)19(18)17-11-9-13-5-1-3-7-15(13)17/h1-12,17H,20H2. The molecule has 0 spiro atoms. The van der Waals surface area contributed by atoms with E-state index in [9.17, 15) is 0 Å². The molecule has 1 aliphatic carbocycles. The number of nitrogen functional groups attached to an aromatic ring is 1. The number of nitrogens with two attached hydrogens (primary N) is 1. The summed E-state index contributed by atoms with van der Waals surface area (Å²) in [4.78, 5) is 0. The molecule has 0 saturated carbocycles. The molecule has 0 fully saturated rings. The lowest BCUT2D eigenvalue weighted by atomic mass is 9.88. The maximum Gasteiger partial charge on any atom is 0.0362 e. The molecule has 1 aliphatic rings. The van der Waals surface area contributed by atoms with Gasteiger partial charge in [-0.25, -0.2) is 0 Å². The van der Waals surface area contributed by atoms with Crippen LogP contribution in [0.15, 0.2) is 66.7 Å². The second kappa shape index (κ2) is 4.24. The molecular formula is C19H15N. The van der Waals surface area contributed by atoms with E-state index < -0.39 is 0 Å². The van der Waals surface area contributed by atoms with Gasteiger partial charge in [-0.3, -0.25) is 0 Å². The maximum atomic E-state index is 6.29. The summed E-state index contributed by atoms with van der Waals surface area (Å²) in [6.07, 6.45) is 4.45. The Bertz CT molecular complexity index is 830. The van der Waals surface area contributed by atoms with Crippen LogP contribution < -0.4 is 5.73 Å². The first-order valence-corrected chi connectivity index (χ1v) is 6.89. The van der Waals surface area contributed by atoms with E-state index >= 15 is 0 Å². The van der Waals surface area contributed by atoms with E-state index in [0.29, 0.717) is 0 Å². The second-order valence-corrected chi connectivity index (χ2v) is 5.26. The minimum atomic E-state index is 0.261. The van der Waals surface area contributed by atoms with Crippen molar-refractivity contribution in [3.8, 4) is 0 Å². The number of fused-ring (bicyclic) bond motifs is 2. The summed E-state index contributed by atoms with van der Waals surface area (Å²) in [5, 5.41) is 2.49. The fraction of sp³-hybridized carbons (Fsp3) is 0.0526. The Kier molecular flexibility index (Phi) is 2.40. The third kappa shape index (κ3) is 1.56. The Labute approximate surface area is 118 Å². The van der Waals surface area contributed by atoms with E-state index in [0.717, 1.165) is 5.69 Å². The van der Waals surface area contributed by atoms with E-state index in [2.05, 4.69) is 66.7 Å². The number of hydrogen-bond acceptors (Lipinski definition) is 1. The molecule has 2 N–H and O–H groups in total. The van der Waals surface area contributed by atoms with E-state index in [1.165, 1.54) is 27.5 Å². The highest BCUT2D eigenvalue weighted by atomic mass is 14.6. The largest absolute Gasteiger partial charge is 0.398 e. The second-order valence-electron chi connectivity index (χ2n) is 5.26. The van der Waals surface area contributed by atoms with Crippen molar-refractivity contribution in [2.24, 2.45) is 0 Å². The van der Waals surface area contributed by atoms with E-state index in [4.69, 9.17) is 5.73 Å². The molecule has 0 aromatic heterocycles. The smallest absolute Gasteiger partial charge is 0.0362 e. The van der Waals surface area contributed by atoms with Crippen molar-refractivity contribution in [1.29, 1.82) is 0 Å². The number of hydrogen-bond donors (Lipinski definition) is 1. The molecule has 0 heterocycles. The lowest BCUT2D eigenvalue weighted by Gasteiger charge is -2.17. The van der Waals surface area contributed by atoms with Gasteiger partial charge >= 0.3 is 0 Å². The SMILES string of the molecule is Nc1ccc2ccccc2c1C1C=Cc2ccccc21. The fourth-order valence-corrected chi connectivity index (χ4v) is 3.16. The molecule has 0 bridgehead atoms. The van der Waals surface area contributed by atoms with Gasteiger partial charge in [-0.2, -0.15) is 0 Å². The zero-order chi connectivity index (χ0) is 13.5. The molecule has 0 amide bonds. The monoisotopic (exact) mass is 257 g/mol. The minimum absolute atomic E-state index is 0.261. The van der Waals surface area contributed by atoms with Gasteiger partial charge in [-0.15, -0.1) is 0 Å². The Balaban J connectivity index is 2.01. The van der Waals surface area contributed by atoms with Crippen molar-refractivity contribution in [3.05, 3.63) is 83.4 Å². The molecule has 1 unspecified atom stereocenters. The Morgan fingerprint density at radius 2 is 1.60 bits per heavy atom. The minimum Gasteiger partial charge on any atom is -0.398 e. The molecule has 0 saturated heterocycles. The first-order chi connectivity index (χ1) is 9.84. The molecule has 1 heteroatoms. The number of rotatable bonds is 1. The quantitative estimate of drug-likeness (QED) is 0.634. The van der Waals surface area contributed by atoms with Gasteiger partial charge in [0.2, 0.25) is 0 Å². The van der Waals surface area contributed by atoms with Crippen LogP contribution in [0.1, 0.15) is 22.6 Å². The Morgan fingerprint density at radius 3 is 2.55 bits per heavy atom. The summed E-state index contributed by atoms with van der Waals surface area (Å²) < 4.78 is 0. The lowest BCUT2D eigenvalue weighted by molar-refractivity contribution is 1.07. The Morgan fingerprint density at radius 1 is 0.800 bits per heavy atom. The third-order valence-electron chi connectivity index (χ3n) is 4.11. The molecule has 3 aromatic carbocycles. The van der Waals surface area contributed by atoms with Crippen LogP contribution in [0.5, 0.6) is 0 Å². The van der Waals surface area contributed by atoms with Crippen molar-refractivity contribution < 1.29 is 0 Å². The Hall–Kier alpha value is -2.54. The molecular weight excluding hydrogens is 242 g/mol. The van der Waals surface area contributed by atoms with E-state index in [-0.39, 0.29) is 5.92 Å². The maximum absolute atomic E-state index is 6.29. The number of allylic oxidation sites excluding steroid dienone is 1. The zero-order valence-electron chi connectivity index (χ0n) is 11.1. The summed E-state index contributed by atoms with van der Waals surface area (Å²) in [7, 11) is 0. The number of benzene rings is 3. The average Bonchev–Trinajstić information content (AvgIpc) is 2.91. The van der Waals surface area contributed by atoms with Crippen LogP contribution in [0.4, 0.5) is 5.69 Å². The summed E-state index contributed by atoms with van der Waals surface area (Å²) >= 11 is 0. The predicted molar refractivity (Wildman–Crippen MR) is 85.7 cm³/mol. The van der Waals surface area contributed by atoms with Crippen LogP contribution in [-0.4, -0.2) is 0 Å². The molecule has 96 valence electrons. The molecule has 0 radical (unpaired) electrons. The average molecular weight is 257 g/mol. The van der Waals surface area contributed by atoms with Crippen molar-refractivity contribution in [2.75, 3.05) is 5.73 Å². The summed E-state index contributed by atoms with van der Waals surface area (Å²) in [6, 6.07) is 21.1. The molecule has 3 aromatic rings. The molecule has 1 nitrogen and oxygen atoms in total. The van der Waals surface area contributed by atoms with Gasteiger partial charge < -0.3 is 5.73 Å². The zero-order valence-corrected chi connectivity index (χ0v) is 11.1. The molecule has 20 heavy (non-hydrogen) atoms. The van der Waals surface area contributed by atoms with Gasteiger partial charge in [0.15, 0.2) is 0 Å². The molecule has 1 atom stereocenters.